The van der Waals surface area contributed by atoms with Gasteiger partial charge in [0.05, 0.1) is 7.11 Å². The number of anilines is 1. The number of ether oxygens (including phenoxy) is 1. The Morgan fingerprint density at radius 2 is 1.83 bits per heavy atom. The van der Waals surface area contributed by atoms with E-state index in [4.69, 9.17) is 16.3 Å². The number of aromatic nitrogens is 2. The van der Waals surface area contributed by atoms with Gasteiger partial charge in [0.15, 0.2) is 5.69 Å². The molecule has 4 aromatic rings. The monoisotopic (exact) mass is 419 g/mol. The second-order valence-electron chi connectivity index (χ2n) is 6.74. The van der Waals surface area contributed by atoms with Gasteiger partial charge < -0.3 is 4.74 Å². The molecule has 0 aliphatic rings. The number of carbonyl (C=O) groups is 1. The second kappa shape index (κ2) is 8.00. The molecular weight excluding hydrogens is 402 g/mol. The molecule has 0 atom stereocenters. The summed E-state index contributed by atoms with van der Waals surface area (Å²) in [6.07, 6.45) is 1.59. The highest BCUT2D eigenvalue weighted by Gasteiger charge is 2.24. The van der Waals surface area contributed by atoms with Crippen molar-refractivity contribution >= 4 is 34.2 Å². The van der Waals surface area contributed by atoms with Gasteiger partial charge in [-0.25, -0.2) is 14.5 Å². The lowest BCUT2D eigenvalue weighted by Gasteiger charge is -2.19. The van der Waals surface area contributed by atoms with Crippen molar-refractivity contribution in [2.75, 3.05) is 12.5 Å². The number of rotatable bonds is 4. The van der Waals surface area contributed by atoms with Crippen LogP contribution in [0.1, 0.15) is 16.1 Å². The van der Waals surface area contributed by atoms with Crippen LogP contribution in [-0.2, 0) is 4.74 Å². The van der Waals surface area contributed by atoms with Crippen LogP contribution in [0.2, 0.25) is 5.02 Å². The summed E-state index contributed by atoms with van der Waals surface area (Å²) in [7, 11) is 1.28. The molecule has 0 unspecified atom stereocenters. The summed E-state index contributed by atoms with van der Waals surface area (Å²) in [6, 6.07) is 17.9. The average Bonchev–Trinajstić information content (AvgIpc) is 2.76. The Kier molecular flexibility index (Phi) is 5.25. The predicted molar refractivity (Wildman–Crippen MR) is 118 cm³/mol. The summed E-state index contributed by atoms with van der Waals surface area (Å²) in [5.74, 6) is -0.249. The maximum Gasteiger partial charge on any atom is 0.357 e. The zero-order chi connectivity index (χ0) is 21.3. The zero-order valence-electron chi connectivity index (χ0n) is 16.3. The molecule has 0 aliphatic heterocycles. The normalized spacial score (nSPS) is 10.8. The van der Waals surface area contributed by atoms with Crippen LogP contribution in [0.5, 0.6) is 0 Å². The Bertz CT molecular complexity index is 1300. The first-order valence-corrected chi connectivity index (χ1v) is 9.59. The number of hydrogen-bond donors (Lipinski definition) is 1. The lowest BCUT2D eigenvalue weighted by Crippen LogP contribution is -2.33. The highest BCUT2D eigenvalue weighted by Crippen LogP contribution is 2.33. The van der Waals surface area contributed by atoms with Crippen LogP contribution >= 0.6 is 11.6 Å². The lowest BCUT2D eigenvalue weighted by atomic mass is 9.96. The summed E-state index contributed by atoms with van der Waals surface area (Å²) >= 11 is 6.24. The quantitative estimate of drug-likeness (QED) is 0.486. The van der Waals surface area contributed by atoms with Crippen molar-refractivity contribution in [3.63, 3.8) is 0 Å². The van der Waals surface area contributed by atoms with E-state index in [1.807, 2.05) is 31.2 Å². The number of methoxy groups -OCH3 is 1. The number of nitrogens with one attached hydrogen (secondary N) is 1. The first-order chi connectivity index (χ1) is 14.5. The Morgan fingerprint density at radius 3 is 2.50 bits per heavy atom. The van der Waals surface area contributed by atoms with Crippen LogP contribution in [0.3, 0.4) is 0 Å². The van der Waals surface area contributed by atoms with Crippen LogP contribution in [0.25, 0.3) is 21.9 Å². The summed E-state index contributed by atoms with van der Waals surface area (Å²) in [5, 5.41) is 1.43. The molecule has 2 aromatic heterocycles. The Hall–Kier alpha value is -3.64. The number of aryl methyl sites for hydroxylation is 1. The molecule has 1 N–H and O–H groups in total. The minimum Gasteiger partial charge on any atom is -0.464 e. The molecular formula is C23H18ClN3O3. The maximum atomic E-state index is 13.3. The van der Waals surface area contributed by atoms with E-state index in [0.717, 1.165) is 11.1 Å². The van der Waals surface area contributed by atoms with Gasteiger partial charge in [-0.15, -0.1) is 0 Å². The number of esters is 1. The van der Waals surface area contributed by atoms with E-state index in [2.05, 4.69) is 10.4 Å². The van der Waals surface area contributed by atoms with Crippen LogP contribution in [0.15, 0.2) is 71.7 Å². The number of hydrogen-bond acceptors (Lipinski definition) is 5. The zero-order valence-corrected chi connectivity index (χ0v) is 17.1. The van der Waals surface area contributed by atoms with Gasteiger partial charge >= 0.3 is 5.97 Å². The Balaban J connectivity index is 2.13. The van der Waals surface area contributed by atoms with Crippen LogP contribution in [0.4, 0.5) is 5.82 Å². The highest BCUT2D eigenvalue weighted by atomic mass is 35.5. The van der Waals surface area contributed by atoms with E-state index < -0.39 is 11.5 Å². The van der Waals surface area contributed by atoms with Gasteiger partial charge in [-0.1, -0.05) is 47.5 Å². The molecule has 30 heavy (non-hydrogen) atoms. The molecule has 4 rings (SSSR count). The average molecular weight is 420 g/mol. The fraction of sp³-hybridized carbons (Fsp3) is 0.0870. The fourth-order valence-corrected chi connectivity index (χ4v) is 3.50. The summed E-state index contributed by atoms with van der Waals surface area (Å²) in [5.41, 5.74) is 4.96. The van der Waals surface area contributed by atoms with E-state index in [-0.39, 0.29) is 5.69 Å². The Morgan fingerprint density at radius 1 is 1.07 bits per heavy atom. The predicted octanol–water partition coefficient (Wildman–Crippen LogP) is 4.69. The lowest BCUT2D eigenvalue weighted by molar-refractivity contribution is 0.0590. The van der Waals surface area contributed by atoms with Gasteiger partial charge in [0.1, 0.15) is 5.82 Å². The molecule has 0 radical (unpaired) electrons. The van der Waals surface area contributed by atoms with Crippen molar-refractivity contribution in [1.29, 1.82) is 0 Å². The molecule has 0 amide bonds. The molecule has 6 nitrogen and oxygen atoms in total. The molecule has 0 bridgehead atoms. The van der Waals surface area contributed by atoms with Gasteiger partial charge in [0, 0.05) is 22.2 Å². The topological polar surface area (TPSA) is 73.2 Å². The third-order valence-electron chi connectivity index (χ3n) is 4.76. The first-order valence-electron chi connectivity index (χ1n) is 9.21. The third-order valence-corrected chi connectivity index (χ3v) is 4.99. The van der Waals surface area contributed by atoms with E-state index in [1.165, 1.54) is 11.8 Å². The number of carbonyl (C=O) groups excluding carboxylic acids is 1. The molecule has 0 fully saturated rings. The highest BCUT2D eigenvalue weighted by molar-refractivity contribution is 6.31. The minimum absolute atomic E-state index is 0.0618. The van der Waals surface area contributed by atoms with Crippen LogP contribution in [0, 0.1) is 6.92 Å². The van der Waals surface area contributed by atoms with E-state index in [0.29, 0.717) is 27.2 Å². The number of halogens is 1. The number of nitrogens with zero attached hydrogens (tertiary/aromatic N) is 2. The van der Waals surface area contributed by atoms with Gasteiger partial charge in [-0.3, -0.25) is 10.2 Å². The Labute approximate surface area is 177 Å². The summed E-state index contributed by atoms with van der Waals surface area (Å²) in [4.78, 5) is 30.4. The SMILES string of the molecule is COC(=O)c1c(-c2ccc(C)cc2)c2cc(Cl)ccc2c(=O)n1Nc1ccccn1. The molecule has 0 aliphatic carbocycles. The largest absolute Gasteiger partial charge is 0.464 e. The van der Waals surface area contributed by atoms with Gasteiger partial charge in [0.2, 0.25) is 0 Å². The third kappa shape index (κ3) is 3.53. The molecule has 2 heterocycles. The van der Waals surface area contributed by atoms with Crippen molar-refractivity contribution < 1.29 is 9.53 Å². The fourth-order valence-electron chi connectivity index (χ4n) is 3.32. The van der Waals surface area contributed by atoms with Gasteiger partial charge in [0.25, 0.3) is 5.56 Å². The van der Waals surface area contributed by atoms with E-state index in [9.17, 15) is 9.59 Å². The summed E-state index contributed by atoms with van der Waals surface area (Å²) < 4.78 is 6.22. The maximum absolute atomic E-state index is 13.3. The number of pyridine rings is 2. The number of benzene rings is 2. The summed E-state index contributed by atoms with van der Waals surface area (Å²) in [6.45, 7) is 1.98. The molecule has 0 spiro atoms. The van der Waals surface area contributed by atoms with Crippen molar-refractivity contribution in [2.24, 2.45) is 0 Å². The van der Waals surface area contributed by atoms with E-state index >= 15 is 0 Å². The van der Waals surface area contributed by atoms with Gasteiger partial charge in [-0.2, -0.15) is 0 Å². The number of fused-ring (bicyclic) bond motifs is 1. The first kappa shape index (κ1) is 19.7. The smallest absolute Gasteiger partial charge is 0.357 e. The minimum atomic E-state index is -0.659. The van der Waals surface area contributed by atoms with Gasteiger partial charge in [-0.05, 0) is 48.2 Å². The molecule has 150 valence electrons. The van der Waals surface area contributed by atoms with Crippen LogP contribution < -0.4 is 11.0 Å². The van der Waals surface area contributed by atoms with Crippen LogP contribution in [-0.4, -0.2) is 22.7 Å². The molecule has 2 aromatic carbocycles. The second-order valence-corrected chi connectivity index (χ2v) is 7.17. The molecule has 0 saturated heterocycles. The van der Waals surface area contributed by atoms with Crippen molar-refractivity contribution in [2.45, 2.75) is 6.92 Å². The molecule has 7 heteroatoms. The van der Waals surface area contributed by atoms with Crippen molar-refractivity contribution in [3.05, 3.63) is 93.5 Å². The van der Waals surface area contributed by atoms with Crippen molar-refractivity contribution in [3.8, 4) is 11.1 Å². The molecule has 0 saturated carbocycles. The standard InChI is InChI=1S/C23H18ClN3O3/c1-14-6-8-15(9-7-14)20-18-13-16(24)10-11-17(18)22(28)27(21(20)23(29)30-2)26-19-5-3-4-12-25-19/h3-13H,1-2H3,(H,25,26). The van der Waals surface area contributed by atoms with Crippen molar-refractivity contribution in [1.82, 2.24) is 9.66 Å². The van der Waals surface area contributed by atoms with E-state index in [1.54, 1.807) is 42.6 Å².